The van der Waals surface area contributed by atoms with Crippen molar-refractivity contribution < 1.29 is 5.11 Å². The molecule has 0 amide bonds. The molecule has 0 aliphatic carbocycles. The summed E-state index contributed by atoms with van der Waals surface area (Å²) in [4.78, 5) is 8.63. The van der Waals surface area contributed by atoms with Crippen molar-refractivity contribution in [2.24, 2.45) is 5.92 Å². The van der Waals surface area contributed by atoms with E-state index in [9.17, 15) is 5.11 Å². The summed E-state index contributed by atoms with van der Waals surface area (Å²) in [6.07, 6.45) is 3.44. The number of aromatic nitrogens is 3. The zero-order valence-corrected chi connectivity index (χ0v) is 19.8. The molecule has 0 bridgehead atoms. The second kappa shape index (κ2) is 8.73. The van der Waals surface area contributed by atoms with Crippen molar-refractivity contribution >= 4 is 32.2 Å². The minimum absolute atomic E-state index is 0.0102. The largest absolute Gasteiger partial charge is 0.492 e. The molecular weight excluding hydrogens is 472 g/mol. The smallest absolute Gasteiger partial charge is 0.230 e. The SMILES string of the molecule is Cc1nc2sc([C@@H](c3cccc(Br)c3)N3CCC(Cc4ccccc4)CC3)c(O)n2n1. The third-order valence-corrected chi connectivity index (χ3v) is 7.67. The second-order valence-electron chi connectivity index (χ2n) is 8.27. The van der Waals surface area contributed by atoms with Gasteiger partial charge in [0.2, 0.25) is 10.8 Å². The van der Waals surface area contributed by atoms with Gasteiger partial charge >= 0.3 is 0 Å². The number of rotatable bonds is 5. The Hall–Kier alpha value is -2.22. The van der Waals surface area contributed by atoms with E-state index in [1.165, 1.54) is 22.5 Å². The Balaban J connectivity index is 1.43. The molecule has 1 aliphatic heterocycles. The van der Waals surface area contributed by atoms with Crippen molar-refractivity contribution in [3.63, 3.8) is 0 Å². The topological polar surface area (TPSA) is 53.7 Å². The Morgan fingerprint density at radius 2 is 1.90 bits per heavy atom. The molecule has 3 heterocycles. The van der Waals surface area contributed by atoms with E-state index >= 15 is 0 Å². The van der Waals surface area contributed by atoms with Crippen molar-refractivity contribution in [3.8, 4) is 5.88 Å². The molecule has 5 nitrogen and oxygen atoms in total. The van der Waals surface area contributed by atoms with Crippen LogP contribution < -0.4 is 0 Å². The van der Waals surface area contributed by atoms with Crippen LogP contribution in [0.25, 0.3) is 4.96 Å². The summed E-state index contributed by atoms with van der Waals surface area (Å²) in [5, 5.41) is 15.4. The molecule has 0 unspecified atom stereocenters. The third-order valence-electron chi connectivity index (χ3n) is 6.10. The summed E-state index contributed by atoms with van der Waals surface area (Å²) in [6.45, 7) is 3.85. The molecule has 1 atom stereocenters. The first-order valence-electron chi connectivity index (χ1n) is 10.7. The number of fused-ring (bicyclic) bond motifs is 1. The fraction of sp³-hybridized carbons (Fsp3) is 0.333. The molecule has 0 radical (unpaired) electrons. The van der Waals surface area contributed by atoms with Gasteiger partial charge in [0.05, 0.1) is 10.9 Å². The highest BCUT2D eigenvalue weighted by Gasteiger charge is 2.32. The first kappa shape index (κ1) is 20.7. The fourth-order valence-corrected chi connectivity index (χ4v) is 6.17. The zero-order chi connectivity index (χ0) is 21.4. The quantitative estimate of drug-likeness (QED) is 0.390. The molecule has 1 aliphatic rings. The van der Waals surface area contributed by atoms with Gasteiger partial charge in [-0.2, -0.15) is 4.52 Å². The minimum atomic E-state index is -0.0102. The van der Waals surface area contributed by atoms with Gasteiger partial charge in [0.1, 0.15) is 5.82 Å². The van der Waals surface area contributed by atoms with Gasteiger partial charge in [-0.15, -0.1) is 5.10 Å². The van der Waals surface area contributed by atoms with E-state index in [2.05, 4.69) is 79.4 Å². The Kier molecular flexibility index (Phi) is 5.82. The highest BCUT2D eigenvalue weighted by Crippen LogP contribution is 2.42. The number of benzene rings is 2. The maximum absolute atomic E-state index is 11.0. The molecule has 0 spiro atoms. The van der Waals surface area contributed by atoms with E-state index in [1.807, 2.05) is 13.0 Å². The van der Waals surface area contributed by atoms with Crippen LogP contribution in [-0.4, -0.2) is 37.7 Å². The van der Waals surface area contributed by atoms with Crippen LogP contribution in [0, 0.1) is 12.8 Å². The maximum atomic E-state index is 11.0. The Bertz CT molecular complexity index is 1180. The predicted octanol–water partition coefficient (Wildman–Crippen LogP) is 5.61. The molecule has 1 N–H and O–H groups in total. The Morgan fingerprint density at radius 3 is 2.61 bits per heavy atom. The molecule has 2 aromatic carbocycles. The van der Waals surface area contributed by atoms with Gasteiger partial charge in [-0.25, -0.2) is 4.98 Å². The van der Waals surface area contributed by atoms with E-state index in [-0.39, 0.29) is 11.9 Å². The number of thiazole rings is 1. The average molecular weight is 497 g/mol. The number of likely N-dealkylation sites (tertiary alicyclic amines) is 1. The first-order valence-corrected chi connectivity index (χ1v) is 12.3. The van der Waals surface area contributed by atoms with Gasteiger partial charge in [-0.1, -0.05) is 69.7 Å². The summed E-state index contributed by atoms with van der Waals surface area (Å²) < 4.78 is 2.62. The van der Waals surface area contributed by atoms with Gasteiger partial charge < -0.3 is 5.11 Å². The van der Waals surface area contributed by atoms with Gasteiger partial charge in [-0.05, 0) is 68.5 Å². The summed E-state index contributed by atoms with van der Waals surface area (Å²) in [5.74, 6) is 1.58. The lowest BCUT2D eigenvalue weighted by Gasteiger charge is -2.37. The molecule has 0 saturated carbocycles. The van der Waals surface area contributed by atoms with Crippen LogP contribution in [0.4, 0.5) is 0 Å². The van der Waals surface area contributed by atoms with Gasteiger partial charge in [-0.3, -0.25) is 4.90 Å². The standard InChI is InChI=1S/C24H25BrN4OS/c1-16-26-24-29(27-16)23(30)22(31-24)21(19-8-5-9-20(25)15-19)28-12-10-18(11-13-28)14-17-6-3-2-4-7-17/h2-9,15,18,21,30H,10-14H2,1H3/t21-/m1/s1. The number of hydrogen-bond donors (Lipinski definition) is 1. The van der Waals surface area contributed by atoms with E-state index < -0.39 is 0 Å². The Labute approximate surface area is 194 Å². The second-order valence-corrected chi connectivity index (χ2v) is 10.2. The van der Waals surface area contributed by atoms with E-state index in [4.69, 9.17) is 0 Å². The number of nitrogens with zero attached hydrogens (tertiary/aromatic N) is 4. The Morgan fingerprint density at radius 1 is 1.13 bits per heavy atom. The summed E-state index contributed by atoms with van der Waals surface area (Å²) in [5.41, 5.74) is 2.59. The summed E-state index contributed by atoms with van der Waals surface area (Å²) in [6, 6.07) is 19.2. The van der Waals surface area contributed by atoms with Crippen LogP contribution in [0.5, 0.6) is 5.88 Å². The molecule has 1 fully saturated rings. The van der Waals surface area contributed by atoms with Crippen molar-refractivity contribution in [1.29, 1.82) is 0 Å². The zero-order valence-electron chi connectivity index (χ0n) is 17.4. The number of piperidine rings is 1. The third kappa shape index (κ3) is 4.27. The van der Waals surface area contributed by atoms with Gasteiger partial charge in [0.15, 0.2) is 0 Å². The van der Waals surface area contributed by atoms with Crippen LogP contribution in [0.2, 0.25) is 0 Å². The van der Waals surface area contributed by atoms with Crippen molar-refractivity contribution in [2.45, 2.75) is 32.2 Å². The van der Waals surface area contributed by atoms with Crippen molar-refractivity contribution in [1.82, 2.24) is 19.5 Å². The summed E-state index contributed by atoms with van der Waals surface area (Å²) in [7, 11) is 0. The lowest BCUT2D eigenvalue weighted by Crippen LogP contribution is -2.37. The first-order chi connectivity index (χ1) is 15.1. The number of halogens is 1. The van der Waals surface area contributed by atoms with Crippen LogP contribution in [0.1, 0.15) is 40.7 Å². The van der Waals surface area contributed by atoms with E-state index in [1.54, 1.807) is 4.52 Å². The molecule has 2 aromatic heterocycles. The highest BCUT2D eigenvalue weighted by molar-refractivity contribution is 9.10. The van der Waals surface area contributed by atoms with Gasteiger partial charge in [0, 0.05) is 4.47 Å². The molecule has 1 saturated heterocycles. The van der Waals surface area contributed by atoms with Crippen LogP contribution >= 0.6 is 27.3 Å². The van der Waals surface area contributed by atoms with Crippen LogP contribution in [0.3, 0.4) is 0 Å². The number of aryl methyl sites for hydroxylation is 1. The number of aromatic hydroxyl groups is 1. The maximum Gasteiger partial charge on any atom is 0.230 e. The predicted molar refractivity (Wildman–Crippen MR) is 128 cm³/mol. The lowest BCUT2D eigenvalue weighted by atomic mass is 9.89. The average Bonchev–Trinajstić information content (AvgIpc) is 3.27. The van der Waals surface area contributed by atoms with Gasteiger partial charge in [0.25, 0.3) is 0 Å². The molecule has 5 rings (SSSR count). The molecule has 4 aromatic rings. The van der Waals surface area contributed by atoms with Crippen LogP contribution in [-0.2, 0) is 6.42 Å². The minimum Gasteiger partial charge on any atom is -0.492 e. The van der Waals surface area contributed by atoms with E-state index in [0.29, 0.717) is 11.7 Å². The molecule has 7 heteroatoms. The molecule has 160 valence electrons. The monoisotopic (exact) mass is 496 g/mol. The highest BCUT2D eigenvalue weighted by atomic mass is 79.9. The van der Waals surface area contributed by atoms with E-state index in [0.717, 1.165) is 46.7 Å². The molecule has 31 heavy (non-hydrogen) atoms. The summed E-state index contributed by atoms with van der Waals surface area (Å²) >= 11 is 5.15. The number of hydrogen-bond acceptors (Lipinski definition) is 5. The van der Waals surface area contributed by atoms with Crippen LogP contribution in [0.15, 0.2) is 59.1 Å². The lowest BCUT2D eigenvalue weighted by molar-refractivity contribution is 0.150. The fourth-order valence-electron chi connectivity index (χ4n) is 4.59. The molecular formula is C24H25BrN4OS. The van der Waals surface area contributed by atoms with Crippen molar-refractivity contribution in [3.05, 3.63) is 80.9 Å². The normalized spacial score (nSPS) is 16.7. The van der Waals surface area contributed by atoms with Crippen molar-refractivity contribution in [2.75, 3.05) is 13.1 Å².